The first-order valence-corrected chi connectivity index (χ1v) is 9.23. The summed E-state index contributed by atoms with van der Waals surface area (Å²) < 4.78 is 1.18. The summed E-state index contributed by atoms with van der Waals surface area (Å²) in [6.07, 6.45) is 0. The van der Waals surface area contributed by atoms with Crippen LogP contribution in [-0.4, -0.2) is 16.1 Å². The van der Waals surface area contributed by atoms with Crippen molar-refractivity contribution in [1.82, 2.24) is 4.31 Å². The smallest absolute Gasteiger partial charge is 0.268 e. The molecule has 0 aliphatic carbocycles. The van der Waals surface area contributed by atoms with Gasteiger partial charge in [-0.3, -0.25) is 9.59 Å². The van der Waals surface area contributed by atoms with E-state index in [9.17, 15) is 9.59 Å². The molecule has 1 aliphatic rings. The molecule has 0 saturated carbocycles. The predicted octanol–water partition coefficient (Wildman–Crippen LogP) is 5.71. The summed E-state index contributed by atoms with van der Waals surface area (Å²) in [5, 5.41) is 2.72. The molecule has 0 radical (unpaired) electrons. The van der Waals surface area contributed by atoms with Crippen molar-refractivity contribution in [3.05, 3.63) is 88.5 Å². The van der Waals surface area contributed by atoms with Crippen LogP contribution in [0.3, 0.4) is 0 Å². The number of hydrogen-bond acceptors (Lipinski definition) is 3. The third kappa shape index (κ3) is 2.81. The molecule has 3 aromatic rings. The van der Waals surface area contributed by atoms with Crippen LogP contribution in [-0.2, 0) is 0 Å². The summed E-state index contributed by atoms with van der Waals surface area (Å²) in [5.74, 6) is -0.626. The number of imide groups is 1. The molecule has 0 spiro atoms. The van der Waals surface area contributed by atoms with Crippen molar-refractivity contribution in [2.24, 2.45) is 0 Å². The Kier molecular flexibility index (Phi) is 4.31. The highest BCUT2D eigenvalue weighted by molar-refractivity contribution is 8.07. The molecule has 0 N–H and O–H groups in total. The van der Waals surface area contributed by atoms with Crippen LogP contribution >= 0.6 is 23.5 Å². The molecule has 4 rings (SSSR count). The number of carbonyl (C=O) groups excluding carboxylic acids is 2. The summed E-state index contributed by atoms with van der Waals surface area (Å²) in [5.41, 5.74) is 1.72. The van der Waals surface area contributed by atoms with Crippen LogP contribution in [0.4, 0.5) is 0 Å². The molecule has 128 valence electrons. The van der Waals surface area contributed by atoms with E-state index >= 15 is 0 Å². The van der Waals surface area contributed by atoms with Crippen LogP contribution in [0.1, 0.15) is 33.2 Å². The molecular formula is C21H14ClNO2S. The minimum absolute atomic E-state index is 0.313. The zero-order valence-corrected chi connectivity index (χ0v) is 15.5. The van der Waals surface area contributed by atoms with Gasteiger partial charge in [-0.2, -0.15) is 0 Å². The molecule has 0 unspecified atom stereocenters. The van der Waals surface area contributed by atoms with Crippen molar-refractivity contribution >= 4 is 51.0 Å². The van der Waals surface area contributed by atoms with E-state index in [1.807, 2.05) is 42.5 Å². The summed E-state index contributed by atoms with van der Waals surface area (Å²) >= 11 is 7.40. The van der Waals surface area contributed by atoms with Crippen LogP contribution in [0.5, 0.6) is 0 Å². The Hall–Kier alpha value is -2.56. The van der Waals surface area contributed by atoms with Gasteiger partial charge in [0.05, 0.1) is 16.0 Å². The summed E-state index contributed by atoms with van der Waals surface area (Å²) in [6.45, 7) is 1.76. The monoisotopic (exact) mass is 379 g/mol. The highest BCUT2D eigenvalue weighted by atomic mass is 35.5. The van der Waals surface area contributed by atoms with Gasteiger partial charge in [-0.15, -0.1) is 0 Å². The van der Waals surface area contributed by atoms with Crippen molar-refractivity contribution in [3.8, 4) is 0 Å². The highest BCUT2D eigenvalue weighted by Gasteiger charge is 2.37. The van der Waals surface area contributed by atoms with Gasteiger partial charge in [-0.05, 0) is 41.5 Å². The number of carbonyl (C=O) groups is 2. The van der Waals surface area contributed by atoms with E-state index in [2.05, 4.69) is 0 Å². The van der Waals surface area contributed by atoms with Gasteiger partial charge in [0.25, 0.3) is 11.8 Å². The number of rotatable bonds is 3. The Morgan fingerprint density at radius 1 is 0.846 bits per heavy atom. The summed E-state index contributed by atoms with van der Waals surface area (Å²) in [4.78, 5) is 25.9. The molecule has 3 nitrogen and oxygen atoms in total. The number of benzene rings is 3. The SMILES string of the molecule is C/C(Cl)=C(\SN1C(=O)c2ccccc2C1=O)c1ccc2ccccc2c1. The Labute approximate surface area is 160 Å². The number of fused-ring (bicyclic) bond motifs is 2. The fourth-order valence-corrected chi connectivity index (χ4v) is 4.10. The largest absolute Gasteiger partial charge is 0.272 e. The average Bonchev–Trinajstić information content (AvgIpc) is 2.90. The quantitative estimate of drug-likeness (QED) is 0.432. The Bertz CT molecular complexity index is 1050. The van der Waals surface area contributed by atoms with Crippen molar-refractivity contribution in [2.45, 2.75) is 6.92 Å². The van der Waals surface area contributed by atoms with Crippen LogP contribution in [0.15, 0.2) is 71.8 Å². The fraction of sp³-hybridized carbons (Fsp3) is 0.0476. The molecule has 26 heavy (non-hydrogen) atoms. The molecule has 3 aromatic carbocycles. The minimum Gasteiger partial charge on any atom is -0.268 e. The number of nitrogens with zero attached hydrogens (tertiary/aromatic N) is 1. The van der Waals surface area contributed by atoms with Gasteiger partial charge in [-0.25, -0.2) is 4.31 Å². The standard InChI is InChI=1S/C21H14ClNO2S/c1-13(22)19(16-11-10-14-6-2-3-7-15(14)12-16)26-23-20(24)17-8-4-5-9-18(17)21(23)25/h2-12H,1H3/b19-13+. The van der Waals surface area contributed by atoms with Crippen molar-refractivity contribution in [1.29, 1.82) is 0 Å². The number of amides is 2. The maximum Gasteiger partial charge on any atom is 0.272 e. The lowest BCUT2D eigenvalue weighted by molar-refractivity contribution is 0.0778. The zero-order valence-electron chi connectivity index (χ0n) is 13.9. The normalized spacial score (nSPS) is 14.6. The van der Waals surface area contributed by atoms with E-state index in [4.69, 9.17) is 11.6 Å². The second kappa shape index (κ2) is 6.63. The van der Waals surface area contributed by atoms with Crippen LogP contribution in [0.25, 0.3) is 15.7 Å². The zero-order chi connectivity index (χ0) is 18.3. The van der Waals surface area contributed by atoms with Crippen molar-refractivity contribution in [2.75, 3.05) is 0 Å². The lowest BCUT2D eigenvalue weighted by Crippen LogP contribution is -2.22. The third-order valence-electron chi connectivity index (χ3n) is 4.26. The molecule has 1 heterocycles. The van der Waals surface area contributed by atoms with Gasteiger partial charge in [0.15, 0.2) is 0 Å². The van der Waals surface area contributed by atoms with Gasteiger partial charge in [-0.1, -0.05) is 60.1 Å². The maximum absolute atomic E-state index is 12.6. The molecular weight excluding hydrogens is 366 g/mol. The van der Waals surface area contributed by atoms with Crippen LogP contribution < -0.4 is 0 Å². The maximum atomic E-state index is 12.6. The highest BCUT2D eigenvalue weighted by Crippen LogP contribution is 2.40. The molecule has 1 aliphatic heterocycles. The second-order valence-electron chi connectivity index (χ2n) is 5.97. The van der Waals surface area contributed by atoms with Gasteiger partial charge >= 0.3 is 0 Å². The number of hydrogen-bond donors (Lipinski definition) is 0. The molecule has 0 fully saturated rings. The molecule has 0 bridgehead atoms. The Balaban J connectivity index is 1.72. The first kappa shape index (κ1) is 16.9. The van der Waals surface area contributed by atoms with Gasteiger partial charge in [0.1, 0.15) is 0 Å². The first-order valence-electron chi connectivity index (χ1n) is 8.07. The first-order chi connectivity index (χ1) is 12.6. The molecule has 0 saturated heterocycles. The van der Waals surface area contributed by atoms with Crippen LogP contribution in [0, 0.1) is 0 Å². The number of halogens is 1. The third-order valence-corrected chi connectivity index (χ3v) is 5.80. The van der Waals surface area contributed by atoms with E-state index < -0.39 is 0 Å². The summed E-state index contributed by atoms with van der Waals surface area (Å²) in [7, 11) is 0. The summed E-state index contributed by atoms with van der Waals surface area (Å²) in [6, 6.07) is 20.8. The van der Waals surface area contributed by atoms with E-state index in [0.717, 1.165) is 28.3 Å². The van der Waals surface area contributed by atoms with Crippen LogP contribution in [0.2, 0.25) is 0 Å². The molecule has 2 amide bonds. The second-order valence-corrected chi connectivity index (χ2v) is 7.49. The van der Waals surface area contributed by atoms with Crippen molar-refractivity contribution < 1.29 is 9.59 Å². The van der Waals surface area contributed by atoms with E-state index in [0.29, 0.717) is 21.1 Å². The van der Waals surface area contributed by atoms with E-state index in [-0.39, 0.29) is 11.8 Å². The predicted molar refractivity (Wildman–Crippen MR) is 107 cm³/mol. The Morgan fingerprint density at radius 3 is 2.04 bits per heavy atom. The van der Waals surface area contributed by atoms with Gasteiger partial charge in [0.2, 0.25) is 0 Å². The molecule has 0 aromatic heterocycles. The topological polar surface area (TPSA) is 37.4 Å². The van der Waals surface area contributed by atoms with Crippen molar-refractivity contribution in [3.63, 3.8) is 0 Å². The lowest BCUT2D eigenvalue weighted by Gasteiger charge is -2.16. The lowest BCUT2D eigenvalue weighted by atomic mass is 10.1. The van der Waals surface area contributed by atoms with E-state index in [1.54, 1.807) is 31.2 Å². The van der Waals surface area contributed by atoms with Gasteiger partial charge in [0, 0.05) is 17.0 Å². The minimum atomic E-state index is -0.313. The number of allylic oxidation sites excluding steroid dienone is 1. The van der Waals surface area contributed by atoms with E-state index in [1.165, 1.54) is 4.31 Å². The molecule has 5 heteroatoms. The molecule has 0 atom stereocenters. The Morgan fingerprint density at radius 2 is 1.42 bits per heavy atom. The van der Waals surface area contributed by atoms with Gasteiger partial charge < -0.3 is 0 Å². The fourth-order valence-electron chi connectivity index (χ4n) is 2.99. The average molecular weight is 380 g/mol.